The van der Waals surface area contributed by atoms with Crippen molar-refractivity contribution >= 4 is 17.5 Å². The zero-order valence-corrected chi connectivity index (χ0v) is 14.8. The monoisotopic (exact) mass is 340 g/mol. The Labute approximate surface area is 148 Å². The van der Waals surface area contributed by atoms with Crippen molar-refractivity contribution in [1.82, 2.24) is 5.32 Å². The first-order valence-corrected chi connectivity index (χ1v) is 8.17. The molecule has 2 rings (SSSR count). The molecule has 0 aliphatic heterocycles. The van der Waals surface area contributed by atoms with Crippen LogP contribution < -0.4 is 10.6 Å². The van der Waals surface area contributed by atoms with Crippen LogP contribution in [0.2, 0.25) is 0 Å². The Bertz CT molecular complexity index is 727. The Morgan fingerprint density at radius 3 is 2.44 bits per heavy atom. The summed E-state index contributed by atoms with van der Waals surface area (Å²) < 4.78 is 5.73. The lowest BCUT2D eigenvalue weighted by molar-refractivity contribution is -0.114. The van der Waals surface area contributed by atoms with Crippen molar-refractivity contribution in [2.24, 2.45) is 0 Å². The third-order valence-corrected chi connectivity index (χ3v) is 3.47. The summed E-state index contributed by atoms with van der Waals surface area (Å²) in [6.45, 7) is 6.14. The number of rotatable bonds is 7. The zero-order chi connectivity index (χ0) is 18.3. The van der Waals surface area contributed by atoms with E-state index in [2.05, 4.69) is 10.6 Å². The summed E-state index contributed by atoms with van der Waals surface area (Å²) in [5, 5.41) is 5.63. The van der Waals surface area contributed by atoms with Gasteiger partial charge in [0, 0.05) is 18.2 Å². The predicted molar refractivity (Wildman–Crippen MR) is 98.4 cm³/mol. The van der Waals surface area contributed by atoms with Gasteiger partial charge in [0.2, 0.25) is 5.91 Å². The van der Waals surface area contributed by atoms with Crippen LogP contribution in [-0.2, 0) is 16.1 Å². The van der Waals surface area contributed by atoms with Gasteiger partial charge in [-0.2, -0.15) is 0 Å². The van der Waals surface area contributed by atoms with E-state index in [0.29, 0.717) is 24.5 Å². The van der Waals surface area contributed by atoms with Gasteiger partial charge in [-0.05, 0) is 37.6 Å². The summed E-state index contributed by atoms with van der Waals surface area (Å²) in [6.07, 6.45) is 0. The molecule has 0 aliphatic rings. The molecule has 2 N–H and O–H groups in total. The van der Waals surface area contributed by atoms with Crippen LogP contribution in [0.3, 0.4) is 0 Å². The molecule has 0 saturated carbocycles. The number of benzene rings is 2. The first-order chi connectivity index (χ1) is 11.9. The fourth-order valence-electron chi connectivity index (χ4n) is 2.36. The summed E-state index contributed by atoms with van der Waals surface area (Å²) in [7, 11) is 0. The molecule has 0 saturated heterocycles. The Morgan fingerprint density at radius 1 is 1.04 bits per heavy atom. The quantitative estimate of drug-likeness (QED) is 0.812. The van der Waals surface area contributed by atoms with E-state index in [-0.39, 0.29) is 11.8 Å². The topological polar surface area (TPSA) is 67.4 Å². The number of carbonyl (C=O) groups excluding carboxylic acids is 2. The fraction of sp³-hybridized carbons (Fsp3) is 0.300. The molecule has 0 spiro atoms. The van der Waals surface area contributed by atoms with E-state index in [1.165, 1.54) is 6.92 Å². The number of hydrogen-bond acceptors (Lipinski definition) is 3. The number of carbonyl (C=O) groups is 2. The van der Waals surface area contributed by atoms with Gasteiger partial charge in [-0.15, -0.1) is 0 Å². The van der Waals surface area contributed by atoms with Crippen LogP contribution in [-0.4, -0.2) is 24.0 Å². The minimum Gasteiger partial charge on any atom is -0.374 e. The maximum absolute atomic E-state index is 12.5. The van der Waals surface area contributed by atoms with E-state index in [9.17, 15) is 9.59 Å². The van der Waals surface area contributed by atoms with Crippen molar-refractivity contribution in [1.29, 1.82) is 0 Å². The second-order valence-electron chi connectivity index (χ2n) is 6.58. The zero-order valence-electron chi connectivity index (χ0n) is 14.8. The molecular weight excluding hydrogens is 316 g/mol. The summed E-state index contributed by atoms with van der Waals surface area (Å²) in [6, 6.07) is 16.7. The Morgan fingerprint density at radius 2 is 1.76 bits per heavy atom. The van der Waals surface area contributed by atoms with E-state index in [1.807, 2.05) is 44.2 Å². The molecule has 0 fully saturated rings. The molecule has 2 aromatic rings. The lowest BCUT2D eigenvalue weighted by Crippen LogP contribution is -2.47. The second kappa shape index (κ2) is 8.44. The molecule has 25 heavy (non-hydrogen) atoms. The highest BCUT2D eigenvalue weighted by Gasteiger charge is 2.21. The molecule has 0 aromatic heterocycles. The molecule has 0 atom stereocenters. The number of amides is 2. The number of hydrogen-bond donors (Lipinski definition) is 2. The average molecular weight is 340 g/mol. The van der Waals surface area contributed by atoms with Crippen LogP contribution in [0.1, 0.15) is 36.7 Å². The van der Waals surface area contributed by atoms with Gasteiger partial charge in [-0.25, -0.2) is 0 Å². The molecule has 2 aromatic carbocycles. The van der Waals surface area contributed by atoms with Gasteiger partial charge in [-0.1, -0.05) is 36.4 Å². The standard InChI is InChI=1S/C20H24N2O3/c1-15(23)21-18-11-7-10-17(12-18)19(24)22-20(2,3)14-25-13-16-8-5-4-6-9-16/h4-12H,13-14H2,1-3H3,(H,21,23)(H,22,24). The van der Waals surface area contributed by atoms with Gasteiger partial charge >= 0.3 is 0 Å². The van der Waals surface area contributed by atoms with Crippen LogP contribution in [0.25, 0.3) is 0 Å². The van der Waals surface area contributed by atoms with Crippen molar-refractivity contribution in [2.75, 3.05) is 11.9 Å². The summed E-state index contributed by atoms with van der Waals surface area (Å²) in [5.41, 5.74) is 1.66. The van der Waals surface area contributed by atoms with Crippen molar-refractivity contribution in [3.8, 4) is 0 Å². The van der Waals surface area contributed by atoms with Gasteiger partial charge in [0.25, 0.3) is 5.91 Å². The third kappa shape index (κ3) is 6.39. The second-order valence-corrected chi connectivity index (χ2v) is 6.58. The lowest BCUT2D eigenvalue weighted by atomic mass is 10.1. The molecule has 0 heterocycles. The number of nitrogens with one attached hydrogen (secondary N) is 2. The van der Waals surface area contributed by atoms with Crippen molar-refractivity contribution in [3.63, 3.8) is 0 Å². The molecular formula is C20H24N2O3. The first-order valence-electron chi connectivity index (χ1n) is 8.17. The highest BCUT2D eigenvalue weighted by atomic mass is 16.5. The van der Waals surface area contributed by atoms with Crippen LogP contribution in [0.4, 0.5) is 5.69 Å². The van der Waals surface area contributed by atoms with E-state index >= 15 is 0 Å². The fourth-order valence-corrected chi connectivity index (χ4v) is 2.36. The molecule has 5 heteroatoms. The van der Waals surface area contributed by atoms with Crippen LogP contribution >= 0.6 is 0 Å². The first kappa shape index (κ1) is 18.7. The average Bonchev–Trinajstić information content (AvgIpc) is 2.55. The number of anilines is 1. The van der Waals surface area contributed by atoms with E-state index < -0.39 is 5.54 Å². The maximum atomic E-state index is 12.5. The van der Waals surface area contributed by atoms with Crippen LogP contribution in [0.5, 0.6) is 0 Å². The van der Waals surface area contributed by atoms with Crippen LogP contribution in [0.15, 0.2) is 54.6 Å². The Hall–Kier alpha value is -2.66. The van der Waals surface area contributed by atoms with Gasteiger partial charge in [0.1, 0.15) is 0 Å². The molecule has 2 amide bonds. The van der Waals surface area contributed by atoms with Gasteiger partial charge in [0.05, 0.1) is 18.8 Å². The molecule has 5 nitrogen and oxygen atoms in total. The lowest BCUT2D eigenvalue weighted by Gasteiger charge is -2.26. The SMILES string of the molecule is CC(=O)Nc1cccc(C(=O)NC(C)(C)COCc2ccccc2)c1. The van der Waals surface area contributed by atoms with E-state index in [4.69, 9.17) is 4.74 Å². The highest BCUT2D eigenvalue weighted by Crippen LogP contribution is 2.13. The van der Waals surface area contributed by atoms with Crippen molar-refractivity contribution in [3.05, 3.63) is 65.7 Å². The number of ether oxygens (including phenoxy) is 1. The maximum Gasteiger partial charge on any atom is 0.251 e. The summed E-state index contributed by atoms with van der Waals surface area (Å²) in [4.78, 5) is 23.6. The molecule has 132 valence electrons. The third-order valence-electron chi connectivity index (χ3n) is 3.47. The smallest absolute Gasteiger partial charge is 0.251 e. The largest absolute Gasteiger partial charge is 0.374 e. The molecule has 0 unspecified atom stereocenters. The normalized spacial score (nSPS) is 11.0. The molecule has 0 bridgehead atoms. The minimum absolute atomic E-state index is 0.174. The highest BCUT2D eigenvalue weighted by molar-refractivity contribution is 5.97. The Balaban J connectivity index is 1.90. The van der Waals surface area contributed by atoms with Gasteiger partial charge < -0.3 is 15.4 Å². The van der Waals surface area contributed by atoms with Gasteiger partial charge in [-0.3, -0.25) is 9.59 Å². The van der Waals surface area contributed by atoms with Crippen molar-refractivity contribution < 1.29 is 14.3 Å². The van der Waals surface area contributed by atoms with Crippen LogP contribution in [0, 0.1) is 0 Å². The summed E-state index contributed by atoms with van der Waals surface area (Å²) >= 11 is 0. The predicted octanol–water partition coefficient (Wildman–Crippen LogP) is 3.37. The summed E-state index contributed by atoms with van der Waals surface area (Å²) in [5.74, 6) is -0.382. The minimum atomic E-state index is -0.518. The van der Waals surface area contributed by atoms with Crippen molar-refractivity contribution in [2.45, 2.75) is 32.9 Å². The van der Waals surface area contributed by atoms with E-state index in [0.717, 1.165) is 5.56 Å². The molecule has 0 aliphatic carbocycles. The van der Waals surface area contributed by atoms with Gasteiger partial charge in [0.15, 0.2) is 0 Å². The Kier molecular flexibility index (Phi) is 6.31. The molecule has 0 radical (unpaired) electrons. The van der Waals surface area contributed by atoms with E-state index in [1.54, 1.807) is 24.3 Å².